The summed E-state index contributed by atoms with van der Waals surface area (Å²) in [6.07, 6.45) is 1.36. The Kier molecular flexibility index (Phi) is 5.16. The highest BCUT2D eigenvalue weighted by Gasteiger charge is 2.35. The summed E-state index contributed by atoms with van der Waals surface area (Å²) in [4.78, 5) is 12.5. The van der Waals surface area contributed by atoms with Crippen molar-refractivity contribution in [1.29, 1.82) is 0 Å². The average Bonchev–Trinajstić information content (AvgIpc) is 2.36. The zero-order chi connectivity index (χ0) is 12.9. The second-order valence-electron chi connectivity index (χ2n) is 3.97. The molecule has 0 bridgehead atoms. The molecule has 0 aromatic heterocycles. The van der Waals surface area contributed by atoms with E-state index in [1.165, 1.54) is 0 Å². The van der Waals surface area contributed by atoms with Crippen molar-refractivity contribution in [2.45, 2.75) is 39.2 Å². The van der Waals surface area contributed by atoms with Crippen molar-refractivity contribution in [1.82, 2.24) is 0 Å². The molecule has 0 amide bonds. The lowest BCUT2D eigenvalue weighted by molar-refractivity contribution is -0.0250. The van der Waals surface area contributed by atoms with Crippen LogP contribution >= 0.6 is 11.6 Å². The second kappa shape index (κ2) is 6.18. The number of hydrogen-bond acceptors (Lipinski definition) is 2. The van der Waals surface area contributed by atoms with E-state index in [2.05, 4.69) is 0 Å². The van der Waals surface area contributed by atoms with Crippen LogP contribution in [0.5, 0.6) is 0 Å². The number of benzene rings is 1. The van der Waals surface area contributed by atoms with Gasteiger partial charge in [0.15, 0.2) is 5.78 Å². The Hall–Kier alpha value is -0.860. The first-order valence-electron chi connectivity index (χ1n) is 6.04. The van der Waals surface area contributed by atoms with E-state index in [0.29, 0.717) is 30.0 Å². The Balaban J connectivity index is 3.03. The van der Waals surface area contributed by atoms with E-state index in [1.807, 2.05) is 20.8 Å². The van der Waals surface area contributed by atoms with Gasteiger partial charge in [0.25, 0.3) is 0 Å². The molecule has 0 spiro atoms. The number of carbonyl (C=O) groups excluding carboxylic acids is 1. The molecule has 0 N–H and O–H groups in total. The van der Waals surface area contributed by atoms with E-state index in [-0.39, 0.29) is 5.78 Å². The molecule has 3 heteroatoms. The molecule has 0 atom stereocenters. The first-order chi connectivity index (χ1) is 8.09. The molecule has 0 aliphatic rings. The highest BCUT2D eigenvalue weighted by atomic mass is 35.5. The third-order valence-electron chi connectivity index (χ3n) is 3.08. The van der Waals surface area contributed by atoms with E-state index in [9.17, 15) is 4.79 Å². The Morgan fingerprint density at radius 1 is 1.18 bits per heavy atom. The monoisotopic (exact) mass is 254 g/mol. The fourth-order valence-electron chi connectivity index (χ4n) is 1.98. The van der Waals surface area contributed by atoms with E-state index in [4.69, 9.17) is 16.3 Å². The number of Topliss-reactive ketones (excluding diaryl/α,β-unsaturated/α-hetero) is 1. The highest BCUT2D eigenvalue weighted by molar-refractivity contribution is 6.30. The van der Waals surface area contributed by atoms with E-state index < -0.39 is 5.60 Å². The van der Waals surface area contributed by atoms with Crippen molar-refractivity contribution in [3.8, 4) is 0 Å². The zero-order valence-corrected chi connectivity index (χ0v) is 11.4. The first-order valence-corrected chi connectivity index (χ1v) is 6.41. The molecule has 0 saturated heterocycles. The molecule has 0 aliphatic carbocycles. The number of carbonyl (C=O) groups is 1. The van der Waals surface area contributed by atoms with Gasteiger partial charge in [0.1, 0.15) is 5.60 Å². The van der Waals surface area contributed by atoms with Crippen LogP contribution in [-0.2, 0) is 4.74 Å². The van der Waals surface area contributed by atoms with Crippen LogP contribution in [0, 0.1) is 0 Å². The molecule has 1 aromatic carbocycles. The largest absolute Gasteiger partial charge is 0.367 e. The summed E-state index contributed by atoms with van der Waals surface area (Å²) in [6.45, 7) is 6.41. The van der Waals surface area contributed by atoms with Gasteiger partial charge >= 0.3 is 0 Å². The van der Waals surface area contributed by atoms with Gasteiger partial charge in [0.2, 0.25) is 0 Å². The summed E-state index contributed by atoms with van der Waals surface area (Å²) in [5, 5.41) is 0.636. The van der Waals surface area contributed by atoms with Gasteiger partial charge in [-0.05, 0) is 44.0 Å². The molecule has 1 rings (SSSR count). The molecule has 1 aromatic rings. The number of halogens is 1. The predicted octanol–water partition coefficient (Wildman–Crippen LogP) is 4.12. The lowest BCUT2D eigenvalue weighted by Crippen LogP contribution is -2.40. The molecule has 94 valence electrons. The van der Waals surface area contributed by atoms with Gasteiger partial charge in [-0.25, -0.2) is 0 Å². The van der Waals surface area contributed by atoms with Crippen molar-refractivity contribution in [2.24, 2.45) is 0 Å². The zero-order valence-electron chi connectivity index (χ0n) is 10.6. The number of rotatable bonds is 6. The molecule has 0 fully saturated rings. The summed E-state index contributed by atoms with van der Waals surface area (Å²) in [5.74, 6) is 0.0426. The van der Waals surface area contributed by atoms with Crippen LogP contribution in [0.1, 0.15) is 44.0 Å². The number of ketones is 1. The van der Waals surface area contributed by atoms with Crippen LogP contribution < -0.4 is 0 Å². The summed E-state index contributed by atoms with van der Waals surface area (Å²) < 4.78 is 5.69. The van der Waals surface area contributed by atoms with Crippen LogP contribution in [0.2, 0.25) is 5.02 Å². The standard InChI is InChI=1S/C14H19ClO2/c1-4-14(5-2,17-6-3)13(16)11-7-9-12(15)10-8-11/h7-10H,4-6H2,1-3H3. The normalized spacial score (nSPS) is 11.5. The molecule has 2 nitrogen and oxygen atoms in total. The summed E-state index contributed by atoms with van der Waals surface area (Å²) >= 11 is 5.82. The molecule has 0 heterocycles. The van der Waals surface area contributed by atoms with Gasteiger partial charge in [-0.3, -0.25) is 4.79 Å². The van der Waals surface area contributed by atoms with Gasteiger partial charge in [0, 0.05) is 17.2 Å². The molecule has 17 heavy (non-hydrogen) atoms. The highest BCUT2D eigenvalue weighted by Crippen LogP contribution is 2.26. The lowest BCUT2D eigenvalue weighted by Gasteiger charge is -2.30. The molecule has 0 aliphatic heterocycles. The van der Waals surface area contributed by atoms with Gasteiger partial charge in [-0.2, -0.15) is 0 Å². The van der Waals surface area contributed by atoms with E-state index >= 15 is 0 Å². The minimum atomic E-state index is -0.692. The summed E-state index contributed by atoms with van der Waals surface area (Å²) in [7, 11) is 0. The van der Waals surface area contributed by atoms with E-state index in [1.54, 1.807) is 24.3 Å². The molecule has 0 unspecified atom stereocenters. The number of ether oxygens (including phenoxy) is 1. The van der Waals surface area contributed by atoms with Gasteiger partial charge in [0.05, 0.1) is 0 Å². The smallest absolute Gasteiger partial charge is 0.194 e. The average molecular weight is 255 g/mol. The van der Waals surface area contributed by atoms with Crippen LogP contribution in [0.3, 0.4) is 0 Å². The molecule has 0 saturated carbocycles. The van der Waals surface area contributed by atoms with Crippen molar-refractivity contribution >= 4 is 17.4 Å². The Morgan fingerprint density at radius 3 is 2.12 bits per heavy atom. The van der Waals surface area contributed by atoms with Gasteiger partial charge in [-0.15, -0.1) is 0 Å². The van der Waals surface area contributed by atoms with Crippen LogP contribution in [-0.4, -0.2) is 18.0 Å². The van der Waals surface area contributed by atoms with Crippen LogP contribution in [0.15, 0.2) is 24.3 Å². The number of hydrogen-bond donors (Lipinski definition) is 0. The van der Waals surface area contributed by atoms with Gasteiger partial charge in [-0.1, -0.05) is 25.4 Å². The second-order valence-corrected chi connectivity index (χ2v) is 4.41. The topological polar surface area (TPSA) is 26.3 Å². The fourth-order valence-corrected chi connectivity index (χ4v) is 2.11. The maximum absolute atomic E-state index is 12.5. The van der Waals surface area contributed by atoms with Gasteiger partial charge < -0.3 is 4.74 Å². The Labute approximate surface area is 108 Å². The third-order valence-corrected chi connectivity index (χ3v) is 3.34. The fraction of sp³-hybridized carbons (Fsp3) is 0.500. The Morgan fingerprint density at radius 2 is 1.71 bits per heavy atom. The van der Waals surface area contributed by atoms with Crippen LogP contribution in [0.25, 0.3) is 0 Å². The SMILES string of the molecule is CCOC(CC)(CC)C(=O)c1ccc(Cl)cc1. The minimum Gasteiger partial charge on any atom is -0.367 e. The third kappa shape index (κ3) is 3.08. The first kappa shape index (κ1) is 14.2. The molecule has 0 radical (unpaired) electrons. The Bertz CT molecular complexity index is 366. The summed E-state index contributed by atoms with van der Waals surface area (Å²) in [6, 6.07) is 6.97. The predicted molar refractivity (Wildman–Crippen MR) is 70.7 cm³/mol. The maximum Gasteiger partial charge on any atom is 0.194 e. The minimum absolute atomic E-state index is 0.0426. The van der Waals surface area contributed by atoms with Crippen molar-refractivity contribution in [3.63, 3.8) is 0 Å². The quantitative estimate of drug-likeness (QED) is 0.714. The van der Waals surface area contributed by atoms with Crippen LogP contribution in [0.4, 0.5) is 0 Å². The molecular weight excluding hydrogens is 236 g/mol. The molecular formula is C14H19ClO2. The van der Waals surface area contributed by atoms with E-state index in [0.717, 1.165) is 0 Å². The maximum atomic E-state index is 12.5. The van der Waals surface area contributed by atoms with Crippen molar-refractivity contribution < 1.29 is 9.53 Å². The van der Waals surface area contributed by atoms with Crippen molar-refractivity contribution in [2.75, 3.05) is 6.61 Å². The lowest BCUT2D eigenvalue weighted by atomic mass is 9.87. The van der Waals surface area contributed by atoms with Crippen molar-refractivity contribution in [3.05, 3.63) is 34.9 Å². The summed E-state index contributed by atoms with van der Waals surface area (Å²) in [5.41, 5.74) is -0.0330.